The van der Waals surface area contributed by atoms with Gasteiger partial charge < -0.3 is 0 Å². The molecule has 1 heterocycles. The minimum Gasteiger partial charge on any atom is -0.228 e. The maximum atomic E-state index is 5.26. The van der Waals surface area contributed by atoms with Crippen molar-refractivity contribution in [3.8, 4) is 67.3 Å². The van der Waals surface area contributed by atoms with E-state index in [1.807, 2.05) is 6.07 Å². The van der Waals surface area contributed by atoms with Crippen molar-refractivity contribution < 1.29 is 0 Å². The van der Waals surface area contributed by atoms with Crippen molar-refractivity contribution in [2.75, 3.05) is 0 Å². The van der Waals surface area contributed by atoms with Crippen LogP contribution in [0.1, 0.15) is 23.6 Å². The Morgan fingerprint density at radius 3 is 1.61 bits per heavy atom. The maximum Gasteiger partial charge on any atom is 0.160 e. The van der Waals surface area contributed by atoms with Gasteiger partial charge in [0.2, 0.25) is 0 Å². The second kappa shape index (κ2) is 14.4. The molecule has 11 aromatic rings. The van der Waals surface area contributed by atoms with Crippen molar-refractivity contribution in [3.05, 3.63) is 241 Å². The summed E-state index contributed by atoms with van der Waals surface area (Å²) in [4.78, 5) is 10.5. The molecular formula is C60H40N2. The average molecular weight is 789 g/mol. The summed E-state index contributed by atoms with van der Waals surface area (Å²) in [6.07, 6.45) is 0. The summed E-state index contributed by atoms with van der Waals surface area (Å²) in [5.41, 5.74) is 16.0. The molecule has 2 nitrogen and oxygen atoms in total. The Morgan fingerprint density at radius 1 is 0.339 bits per heavy atom. The first-order chi connectivity index (χ1) is 30.6. The van der Waals surface area contributed by atoms with Crippen LogP contribution in [0, 0.1) is 0 Å². The Morgan fingerprint density at radius 2 is 0.871 bits per heavy atom. The van der Waals surface area contributed by atoms with Gasteiger partial charge in [-0.05, 0) is 101 Å². The lowest BCUT2D eigenvalue weighted by atomic mass is 9.74. The van der Waals surface area contributed by atoms with Crippen molar-refractivity contribution in [2.24, 2.45) is 0 Å². The van der Waals surface area contributed by atoms with E-state index >= 15 is 0 Å². The van der Waals surface area contributed by atoms with Crippen molar-refractivity contribution >= 4 is 32.3 Å². The number of hydrogen-bond acceptors (Lipinski definition) is 2. The fraction of sp³-hybridized carbons (Fsp3) is 0.0333. The minimum absolute atomic E-state index is 0.259. The van der Waals surface area contributed by atoms with Crippen LogP contribution in [0.2, 0.25) is 0 Å². The Hall–Kier alpha value is -7.94. The predicted molar refractivity (Wildman–Crippen MR) is 259 cm³/mol. The maximum absolute atomic E-state index is 5.26. The van der Waals surface area contributed by atoms with Crippen LogP contribution < -0.4 is 0 Å². The molecule has 1 aromatic heterocycles. The third-order valence-electron chi connectivity index (χ3n) is 13.2. The molecule has 1 aliphatic rings. The van der Waals surface area contributed by atoms with Gasteiger partial charge in [-0.3, -0.25) is 0 Å². The third kappa shape index (κ3) is 5.65. The Bertz CT molecular complexity index is 3500. The standard InChI is InChI=1S/C60H40N2/c1-60(45-22-9-4-10-23-45)52-28-16-15-25-47(52)51-37-44(34-36-53(51)60)55-38-54(61-59(62-55)43-20-7-3-8-21-43)40-29-31-42(32-30-40)56-48-26-13-14-27-49(48)57(41-18-5-2-6-19-41)58-46-24-12-11-17-39(46)33-35-50(56)58/h2-38H,1H3. The quantitative estimate of drug-likeness (QED) is 0.124. The van der Waals surface area contributed by atoms with E-state index in [0.29, 0.717) is 5.82 Å². The van der Waals surface area contributed by atoms with Gasteiger partial charge in [-0.1, -0.05) is 212 Å². The van der Waals surface area contributed by atoms with E-state index in [1.165, 1.54) is 82.4 Å². The highest BCUT2D eigenvalue weighted by atomic mass is 14.9. The van der Waals surface area contributed by atoms with Gasteiger partial charge in [0.1, 0.15) is 0 Å². The Kier molecular flexibility index (Phi) is 8.33. The molecule has 0 aliphatic heterocycles. The van der Waals surface area contributed by atoms with Crippen molar-refractivity contribution in [3.63, 3.8) is 0 Å². The highest BCUT2D eigenvalue weighted by molar-refractivity contribution is 6.27. The largest absolute Gasteiger partial charge is 0.228 e. The second-order valence-electron chi connectivity index (χ2n) is 16.6. The van der Waals surface area contributed by atoms with Gasteiger partial charge >= 0.3 is 0 Å². The first-order valence-electron chi connectivity index (χ1n) is 21.4. The number of benzene rings is 10. The average Bonchev–Trinajstić information content (AvgIpc) is 3.61. The number of hydrogen-bond donors (Lipinski definition) is 0. The van der Waals surface area contributed by atoms with Crippen LogP contribution in [0.3, 0.4) is 0 Å². The molecule has 0 amide bonds. The van der Waals surface area contributed by atoms with Crippen LogP contribution in [0.15, 0.2) is 224 Å². The molecule has 0 N–H and O–H groups in total. The smallest absolute Gasteiger partial charge is 0.160 e. The molecule has 0 bridgehead atoms. The van der Waals surface area contributed by atoms with Gasteiger partial charge in [0.15, 0.2) is 5.82 Å². The summed E-state index contributed by atoms with van der Waals surface area (Å²) >= 11 is 0. The fourth-order valence-corrected chi connectivity index (χ4v) is 10.2. The fourth-order valence-electron chi connectivity index (χ4n) is 10.2. The minimum atomic E-state index is -0.259. The number of rotatable bonds is 6. The third-order valence-corrected chi connectivity index (χ3v) is 13.2. The molecular weight excluding hydrogens is 749 g/mol. The second-order valence-corrected chi connectivity index (χ2v) is 16.6. The summed E-state index contributed by atoms with van der Waals surface area (Å²) in [6.45, 7) is 2.36. The van der Waals surface area contributed by atoms with E-state index in [4.69, 9.17) is 9.97 Å². The monoisotopic (exact) mass is 788 g/mol. The molecule has 2 heteroatoms. The highest BCUT2D eigenvalue weighted by Gasteiger charge is 2.40. The van der Waals surface area contributed by atoms with Crippen LogP contribution in [0.4, 0.5) is 0 Å². The van der Waals surface area contributed by atoms with Crippen molar-refractivity contribution in [2.45, 2.75) is 12.3 Å². The van der Waals surface area contributed by atoms with E-state index in [-0.39, 0.29) is 5.41 Å². The molecule has 0 spiro atoms. The molecule has 1 unspecified atom stereocenters. The highest BCUT2D eigenvalue weighted by Crippen LogP contribution is 2.53. The van der Waals surface area contributed by atoms with E-state index in [2.05, 4.69) is 225 Å². The molecule has 0 saturated heterocycles. The molecule has 290 valence electrons. The summed E-state index contributed by atoms with van der Waals surface area (Å²) in [7, 11) is 0. The summed E-state index contributed by atoms with van der Waals surface area (Å²) < 4.78 is 0. The van der Waals surface area contributed by atoms with E-state index in [0.717, 1.165) is 28.1 Å². The lowest BCUT2D eigenvalue weighted by molar-refractivity contribution is 0.714. The zero-order valence-corrected chi connectivity index (χ0v) is 34.3. The van der Waals surface area contributed by atoms with Crippen LogP contribution in [0.25, 0.3) is 99.6 Å². The topological polar surface area (TPSA) is 25.8 Å². The zero-order chi connectivity index (χ0) is 41.2. The summed E-state index contributed by atoms with van der Waals surface area (Å²) in [6, 6.07) is 81.2. The van der Waals surface area contributed by atoms with E-state index < -0.39 is 0 Å². The molecule has 0 fully saturated rings. The Balaban J connectivity index is 1.02. The van der Waals surface area contributed by atoms with E-state index in [9.17, 15) is 0 Å². The van der Waals surface area contributed by atoms with Crippen LogP contribution in [0.5, 0.6) is 0 Å². The van der Waals surface area contributed by atoms with Crippen LogP contribution >= 0.6 is 0 Å². The van der Waals surface area contributed by atoms with Crippen molar-refractivity contribution in [1.29, 1.82) is 0 Å². The lowest BCUT2D eigenvalue weighted by Gasteiger charge is -2.28. The molecule has 12 rings (SSSR count). The zero-order valence-electron chi connectivity index (χ0n) is 34.3. The van der Waals surface area contributed by atoms with E-state index in [1.54, 1.807) is 0 Å². The molecule has 0 radical (unpaired) electrons. The Labute approximate surface area is 361 Å². The van der Waals surface area contributed by atoms with Gasteiger partial charge in [-0.25, -0.2) is 9.97 Å². The molecule has 1 atom stereocenters. The van der Waals surface area contributed by atoms with Crippen LogP contribution in [-0.2, 0) is 5.41 Å². The number of aromatic nitrogens is 2. The van der Waals surface area contributed by atoms with Gasteiger partial charge in [-0.15, -0.1) is 0 Å². The first kappa shape index (κ1) is 36.0. The summed E-state index contributed by atoms with van der Waals surface area (Å²) in [5, 5.41) is 7.50. The molecule has 1 aliphatic carbocycles. The SMILES string of the molecule is CC1(c2ccccc2)c2ccccc2-c2cc(-c3cc(-c4ccc(-c5c6ccccc6c(-c6ccccc6)c6c5ccc5ccccc56)cc4)nc(-c4ccccc4)n3)ccc21. The van der Waals surface area contributed by atoms with Gasteiger partial charge in [0.05, 0.1) is 11.4 Å². The predicted octanol–water partition coefficient (Wildman–Crippen LogP) is 15.6. The first-order valence-corrected chi connectivity index (χ1v) is 21.4. The van der Waals surface area contributed by atoms with Gasteiger partial charge in [0.25, 0.3) is 0 Å². The van der Waals surface area contributed by atoms with Gasteiger partial charge in [-0.2, -0.15) is 0 Å². The number of nitrogens with zero attached hydrogens (tertiary/aromatic N) is 2. The van der Waals surface area contributed by atoms with Gasteiger partial charge in [0, 0.05) is 22.1 Å². The van der Waals surface area contributed by atoms with Crippen LogP contribution in [-0.4, -0.2) is 9.97 Å². The molecule has 62 heavy (non-hydrogen) atoms. The molecule has 10 aromatic carbocycles. The lowest BCUT2D eigenvalue weighted by Crippen LogP contribution is -2.22. The van der Waals surface area contributed by atoms with Crippen molar-refractivity contribution in [1.82, 2.24) is 9.97 Å². The normalized spacial score (nSPS) is 14.3. The summed E-state index contributed by atoms with van der Waals surface area (Å²) in [5.74, 6) is 0.706. The number of fused-ring (bicyclic) bond motifs is 7. The molecule has 0 saturated carbocycles.